The van der Waals surface area contributed by atoms with Gasteiger partial charge in [-0.05, 0) is 30.9 Å². The van der Waals surface area contributed by atoms with E-state index in [0.717, 1.165) is 5.69 Å². The lowest BCUT2D eigenvalue weighted by Crippen LogP contribution is -2.34. The van der Waals surface area contributed by atoms with E-state index < -0.39 is 0 Å². The van der Waals surface area contributed by atoms with Crippen molar-refractivity contribution in [3.8, 4) is 0 Å². The zero-order valence-electron chi connectivity index (χ0n) is 12.0. The molecule has 1 aromatic heterocycles. The van der Waals surface area contributed by atoms with Crippen molar-refractivity contribution < 1.29 is 4.39 Å². The Labute approximate surface area is 115 Å². The van der Waals surface area contributed by atoms with Crippen LogP contribution in [0, 0.1) is 11.7 Å². The van der Waals surface area contributed by atoms with Crippen molar-refractivity contribution in [2.45, 2.75) is 64.5 Å². The molecule has 19 heavy (non-hydrogen) atoms. The number of halogens is 1. The summed E-state index contributed by atoms with van der Waals surface area (Å²) in [5, 5.41) is 3.63. The van der Waals surface area contributed by atoms with Crippen molar-refractivity contribution in [3.63, 3.8) is 0 Å². The van der Waals surface area contributed by atoms with Gasteiger partial charge in [0.25, 0.3) is 0 Å². The van der Waals surface area contributed by atoms with Gasteiger partial charge in [-0.25, -0.2) is 4.39 Å². The maximum Gasteiger partial charge on any atom is 0.141 e. The first-order valence-corrected chi connectivity index (χ1v) is 7.54. The van der Waals surface area contributed by atoms with Crippen LogP contribution < -0.4 is 5.32 Å². The maximum atomic E-state index is 13.0. The summed E-state index contributed by atoms with van der Waals surface area (Å²) in [5.41, 5.74) is 0.988. The lowest BCUT2D eigenvalue weighted by molar-refractivity contribution is 0.302. The molecule has 1 aromatic rings. The van der Waals surface area contributed by atoms with E-state index in [-0.39, 0.29) is 11.9 Å². The van der Waals surface area contributed by atoms with E-state index in [1.54, 1.807) is 0 Å². The van der Waals surface area contributed by atoms with Crippen LogP contribution in [0.2, 0.25) is 0 Å². The molecule has 1 unspecified atom stereocenters. The number of aromatic nitrogens is 1. The topological polar surface area (TPSA) is 24.9 Å². The number of rotatable bonds is 4. The highest BCUT2D eigenvalue weighted by Crippen LogP contribution is 2.33. The minimum atomic E-state index is -0.257. The predicted molar refractivity (Wildman–Crippen MR) is 76.4 cm³/mol. The molecular weight excluding hydrogens is 239 g/mol. The lowest BCUT2D eigenvalue weighted by Gasteiger charge is -2.28. The van der Waals surface area contributed by atoms with Crippen LogP contribution >= 0.6 is 0 Å². The van der Waals surface area contributed by atoms with Gasteiger partial charge in [0.05, 0.1) is 17.9 Å². The zero-order valence-corrected chi connectivity index (χ0v) is 12.0. The summed E-state index contributed by atoms with van der Waals surface area (Å²) in [6.07, 6.45) is 9.15. The Morgan fingerprint density at radius 1 is 1.16 bits per heavy atom. The number of hydrogen-bond donors (Lipinski definition) is 1. The molecule has 1 aliphatic carbocycles. The third-order valence-corrected chi connectivity index (χ3v) is 3.95. The van der Waals surface area contributed by atoms with Crippen molar-refractivity contribution >= 4 is 0 Å². The van der Waals surface area contributed by atoms with Gasteiger partial charge >= 0.3 is 0 Å². The van der Waals surface area contributed by atoms with Gasteiger partial charge in [-0.15, -0.1) is 0 Å². The maximum absolute atomic E-state index is 13.0. The van der Waals surface area contributed by atoms with E-state index in [1.807, 2.05) is 6.07 Å². The Morgan fingerprint density at radius 2 is 1.84 bits per heavy atom. The monoisotopic (exact) mass is 264 g/mol. The van der Waals surface area contributed by atoms with Crippen LogP contribution in [0.5, 0.6) is 0 Å². The van der Waals surface area contributed by atoms with Gasteiger partial charge in [-0.2, -0.15) is 0 Å². The fourth-order valence-corrected chi connectivity index (χ4v) is 3.04. The second-order valence-corrected chi connectivity index (χ2v) is 5.95. The van der Waals surface area contributed by atoms with Crippen molar-refractivity contribution in [2.75, 3.05) is 0 Å². The molecule has 1 aliphatic rings. The number of pyridine rings is 1. The first-order chi connectivity index (χ1) is 9.16. The van der Waals surface area contributed by atoms with E-state index >= 15 is 0 Å². The minimum absolute atomic E-state index is 0.257. The average Bonchev–Trinajstić information content (AvgIpc) is 2.65. The van der Waals surface area contributed by atoms with E-state index in [9.17, 15) is 4.39 Å². The van der Waals surface area contributed by atoms with E-state index in [4.69, 9.17) is 0 Å². The van der Waals surface area contributed by atoms with Crippen LogP contribution in [0.1, 0.15) is 64.1 Å². The van der Waals surface area contributed by atoms with Crippen molar-refractivity contribution in [2.24, 2.45) is 5.92 Å². The van der Waals surface area contributed by atoms with Gasteiger partial charge in [0.2, 0.25) is 0 Å². The summed E-state index contributed by atoms with van der Waals surface area (Å²) in [6, 6.07) is 4.03. The first-order valence-electron chi connectivity index (χ1n) is 7.54. The summed E-state index contributed by atoms with van der Waals surface area (Å²) in [7, 11) is 0. The third kappa shape index (κ3) is 4.27. The fourth-order valence-electron chi connectivity index (χ4n) is 3.04. The van der Waals surface area contributed by atoms with Crippen LogP contribution in [0.25, 0.3) is 0 Å². The van der Waals surface area contributed by atoms with Gasteiger partial charge in [-0.3, -0.25) is 4.98 Å². The highest BCUT2D eigenvalue weighted by molar-refractivity contribution is 5.11. The smallest absolute Gasteiger partial charge is 0.141 e. The van der Waals surface area contributed by atoms with Gasteiger partial charge in [0, 0.05) is 6.04 Å². The normalized spacial score (nSPS) is 19.4. The molecule has 1 fully saturated rings. The summed E-state index contributed by atoms with van der Waals surface area (Å²) in [4.78, 5) is 4.30. The van der Waals surface area contributed by atoms with Gasteiger partial charge < -0.3 is 5.32 Å². The minimum Gasteiger partial charge on any atom is -0.306 e. The van der Waals surface area contributed by atoms with Crippen molar-refractivity contribution in [3.05, 3.63) is 29.8 Å². The second kappa shape index (κ2) is 6.99. The third-order valence-electron chi connectivity index (χ3n) is 3.95. The SMILES string of the molecule is CC(C)NC(c1ccc(F)cn1)C1CCCCCC1. The Morgan fingerprint density at radius 3 is 2.37 bits per heavy atom. The highest BCUT2D eigenvalue weighted by Gasteiger charge is 2.25. The predicted octanol–water partition coefficient (Wildman–Crippen LogP) is 4.23. The molecule has 0 spiro atoms. The van der Waals surface area contributed by atoms with Crippen LogP contribution in [0.3, 0.4) is 0 Å². The molecule has 0 aliphatic heterocycles. The van der Waals surface area contributed by atoms with E-state index in [0.29, 0.717) is 12.0 Å². The Balaban J connectivity index is 2.16. The molecule has 0 bridgehead atoms. The Bertz CT molecular complexity index is 367. The van der Waals surface area contributed by atoms with Crippen molar-refractivity contribution in [1.82, 2.24) is 10.3 Å². The Kier molecular flexibility index (Phi) is 5.32. The quantitative estimate of drug-likeness (QED) is 0.823. The molecule has 0 saturated heterocycles. The van der Waals surface area contributed by atoms with Crippen LogP contribution in [0.4, 0.5) is 4.39 Å². The molecule has 1 atom stereocenters. The van der Waals surface area contributed by atoms with Gasteiger partial charge in [0.1, 0.15) is 5.82 Å². The van der Waals surface area contributed by atoms with Gasteiger partial charge in [-0.1, -0.05) is 39.5 Å². The standard InChI is InChI=1S/C16H25FN2/c1-12(2)19-16(13-7-5-3-4-6-8-13)15-10-9-14(17)11-18-15/h9-13,16,19H,3-8H2,1-2H3. The molecule has 106 valence electrons. The molecule has 1 heterocycles. The highest BCUT2D eigenvalue weighted by atomic mass is 19.1. The molecule has 0 aromatic carbocycles. The number of nitrogens with one attached hydrogen (secondary N) is 1. The fraction of sp³-hybridized carbons (Fsp3) is 0.688. The van der Waals surface area contributed by atoms with Crippen LogP contribution in [-0.2, 0) is 0 Å². The molecule has 1 N–H and O–H groups in total. The second-order valence-electron chi connectivity index (χ2n) is 5.95. The molecule has 3 heteroatoms. The van der Waals surface area contributed by atoms with Crippen LogP contribution in [-0.4, -0.2) is 11.0 Å². The lowest BCUT2D eigenvalue weighted by atomic mass is 9.89. The van der Waals surface area contributed by atoms with Crippen LogP contribution in [0.15, 0.2) is 18.3 Å². The average molecular weight is 264 g/mol. The summed E-state index contributed by atoms with van der Waals surface area (Å²) in [6.45, 7) is 4.32. The summed E-state index contributed by atoms with van der Waals surface area (Å²) < 4.78 is 13.0. The number of hydrogen-bond acceptors (Lipinski definition) is 2. The molecule has 1 saturated carbocycles. The van der Waals surface area contributed by atoms with Gasteiger partial charge in [0.15, 0.2) is 0 Å². The summed E-state index contributed by atoms with van der Waals surface area (Å²) in [5.74, 6) is 0.371. The molecule has 2 rings (SSSR count). The largest absolute Gasteiger partial charge is 0.306 e. The Hall–Kier alpha value is -0.960. The first kappa shape index (κ1) is 14.4. The van der Waals surface area contributed by atoms with E-state index in [1.165, 1.54) is 50.8 Å². The molecule has 2 nitrogen and oxygen atoms in total. The van der Waals surface area contributed by atoms with E-state index in [2.05, 4.69) is 24.1 Å². The zero-order chi connectivity index (χ0) is 13.7. The summed E-state index contributed by atoms with van der Waals surface area (Å²) >= 11 is 0. The molecular formula is C16H25FN2. The number of nitrogens with zero attached hydrogens (tertiary/aromatic N) is 1. The molecule has 0 radical (unpaired) electrons. The molecule has 0 amide bonds. The van der Waals surface area contributed by atoms with Crippen molar-refractivity contribution in [1.29, 1.82) is 0 Å².